The summed E-state index contributed by atoms with van der Waals surface area (Å²) in [5.74, 6) is 0.821. The van der Waals surface area contributed by atoms with Crippen LogP contribution in [0.2, 0.25) is 5.15 Å². The molecule has 1 N–H and O–H groups in total. The van der Waals surface area contributed by atoms with Crippen LogP contribution in [0.5, 0.6) is 0 Å². The zero-order valence-electron chi connectivity index (χ0n) is 15.8. The number of halogens is 1. The number of aromatic nitrogens is 2. The van der Waals surface area contributed by atoms with Crippen LogP contribution >= 0.6 is 11.6 Å². The predicted octanol–water partition coefficient (Wildman–Crippen LogP) is 4.06. The highest BCUT2D eigenvalue weighted by molar-refractivity contribution is 6.30. The molecule has 2 aromatic rings. The third-order valence-electron chi connectivity index (χ3n) is 5.64. The molecule has 0 unspecified atom stereocenters. The molecular formula is C21H27ClN4O. The highest BCUT2D eigenvalue weighted by Gasteiger charge is 2.36. The van der Waals surface area contributed by atoms with E-state index in [-0.39, 0.29) is 0 Å². The minimum absolute atomic E-state index is 0.397. The minimum Gasteiger partial charge on any atom is -0.373 e. The van der Waals surface area contributed by atoms with Crippen LogP contribution < -0.4 is 5.32 Å². The SMILES string of the molecule is Cc1cc(N[C@@H]2CCCN(C3CC(OCc4ccccc4)C3)C2)nnc1Cl. The van der Waals surface area contributed by atoms with Gasteiger partial charge >= 0.3 is 0 Å². The lowest BCUT2D eigenvalue weighted by molar-refractivity contribution is -0.0632. The Morgan fingerprint density at radius 1 is 1.22 bits per heavy atom. The molecule has 1 aromatic heterocycles. The van der Waals surface area contributed by atoms with Crippen molar-refractivity contribution in [1.29, 1.82) is 0 Å². The van der Waals surface area contributed by atoms with Crippen molar-refractivity contribution in [3.63, 3.8) is 0 Å². The molecule has 27 heavy (non-hydrogen) atoms. The van der Waals surface area contributed by atoms with Crippen molar-refractivity contribution in [3.8, 4) is 0 Å². The van der Waals surface area contributed by atoms with Crippen molar-refractivity contribution in [2.75, 3.05) is 18.4 Å². The van der Waals surface area contributed by atoms with E-state index in [1.54, 1.807) is 0 Å². The van der Waals surface area contributed by atoms with Crippen molar-refractivity contribution in [2.45, 2.75) is 57.4 Å². The summed E-state index contributed by atoms with van der Waals surface area (Å²) in [6.45, 7) is 4.91. The second-order valence-electron chi connectivity index (χ2n) is 7.73. The van der Waals surface area contributed by atoms with Crippen molar-refractivity contribution in [2.24, 2.45) is 0 Å². The number of nitrogens with one attached hydrogen (secondary N) is 1. The van der Waals surface area contributed by atoms with Gasteiger partial charge < -0.3 is 10.1 Å². The van der Waals surface area contributed by atoms with E-state index in [1.807, 2.05) is 19.1 Å². The quantitative estimate of drug-likeness (QED) is 0.811. The molecule has 1 aliphatic carbocycles. The van der Waals surface area contributed by atoms with Gasteiger partial charge in [0.25, 0.3) is 0 Å². The Kier molecular flexibility index (Phi) is 5.91. The number of rotatable bonds is 6. The van der Waals surface area contributed by atoms with Crippen LogP contribution in [0, 0.1) is 6.92 Å². The third kappa shape index (κ3) is 4.78. The monoisotopic (exact) mass is 386 g/mol. The predicted molar refractivity (Wildman–Crippen MR) is 108 cm³/mol. The molecule has 0 spiro atoms. The van der Waals surface area contributed by atoms with E-state index in [4.69, 9.17) is 16.3 Å². The summed E-state index contributed by atoms with van der Waals surface area (Å²) in [6, 6.07) is 13.5. The fraction of sp³-hybridized carbons (Fsp3) is 0.524. The van der Waals surface area contributed by atoms with Gasteiger partial charge in [-0.3, -0.25) is 4.90 Å². The van der Waals surface area contributed by atoms with Crippen molar-refractivity contribution in [3.05, 3.63) is 52.7 Å². The van der Waals surface area contributed by atoms with Gasteiger partial charge in [0.1, 0.15) is 5.82 Å². The van der Waals surface area contributed by atoms with E-state index in [0.717, 1.165) is 37.4 Å². The maximum absolute atomic E-state index is 6.06. The molecule has 6 heteroatoms. The molecule has 1 atom stereocenters. The number of benzene rings is 1. The van der Waals surface area contributed by atoms with Gasteiger partial charge in [0.05, 0.1) is 12.7 Å². The average molecular weight is 387 g/mol. The number of ether oxygens (including phenoxy) is 1. The van der Waals surface area contributed by atoms with Crippen molar-refractivity contribution in [1.82, 2.24) is 15.1 Å². The Hall–Kier alpha value is -1.69. The summed E-state index contributed by atoms with van der Waals surface area (Å²) < 4.78 is 6.06. The van der Waals surface area contributed by atoms with E-state index in [0.29, 0.717) is 23.3 Å². The van der Waals surface area contributed by atoms with Crippen molar-refractivity contribution >= 4 is 17.4 Å². The molecule has 5 nitrogen and oxygen atoms in total. The Morgan fingerprint density at radius 3 is 2.81 bits per heavy atom. The van der Waals surface area contributed by atoms with E-state index < -0.39 is 0 Å². The highest BCUT2D eigenvalue weighted by Crippen LogP contribution is 2.31. The van der Waals surface area contributed by atoms with Gasteiger partial charge in [-0.25, -0.2) is 0 Å². The number of hydrogen-bond donors (Lipinski definition) is 1. The fourth-order valence-corrected chi connectivity index (χ4v) is 4.06. The number of nitrogens with zero attached hydrogens (tertiary/aromatic N) is 3. The zero-order chi connectivity index (χ0) is 18.6. The van der Waals surface area contributed by atoms with Crippen LogP contribution in [-0.4, -0.2) is 46.4 Å². The Morgan fingerprint density at radius 2 is 2.04 bits per heavy atom. The normalized spacial score (nSPS) is 25.8. The molecule has 2 aliphatic rings. The molecule has 1 saturated carbocycles. The molecule has 1 aromatic carbocycles. The highest BCUT2D eigenvalue weighted by atomic mass is 35.5. The number of aryl methyl sites for hydroxylation is 1. The largest absolute Gasteiger partial charge is 0.373 e. The van der Waals surface area contributed by atoms with E-state index >= 15 is 0 Å². The lowest BCUT2D eigenvalue weighted by Crippen LogP contribution is -2.53. The maximum Gasteiger partial charge on any atom is 0.154 e. The van der Waals surface area contributed by atoms with Crippen LogP contribution in [0.25, 0.3) is 0 Å². The third-order valence-corrected chi connectivity index (χ3v) is 6.02. The van der Waals surface area contributed by atoms with Crippen LogP contribution in [0.1, 0.15) is 36.8 Å². The maximum atomic E-state index is 6.06. The fourth-order valence-electron chi connectivity index (χ4n) is 3.97. The summed E-state index contributed by atoms with van der Waals surface area (Å²) in [5.41, 5.74) is 2.21. The number of piperidine rings is 1. The van der Waals surface area contributed by atoms with Gasteiger partial charge in [0.2, 0.25) is 0 Å². The first kappa shape index (κ1) is 18.7. The van der Waals surface area contributed by atoms with Crippen LogP contribution in [0.4, 0.5) is 5.82 Å². The average Bonchev–Trinajstić information content (AvgIpc) is 2.65. The first-order valence-electron chi connectivity index (χ1n) is 9.83. The summed E-state index contributed by atoms with van der Waals surface area (Å²) >= 11 is 5.97. The molecule has 4 rings (SSSR count). The van der Waals surface area contributed by atoms with Gasteiger partial charge in [-0.2, -0.15) is 0 Å². The molecule has 2 heterocycles. The molecule has 0 radical (unpaired) electrons. The smallest absolute Gasteiger partial charge is 0.154 e. The number of likely N-dealkylation sites (tertiary alicyclic amines) is 1. The summed E-state index contributed by atoms with van der Waals surface area (Å²) in [4.78, 5) is 2.61. The summed E-state index contributed by atoms with van der Waals surface area (Å²) in [7, 11) is 0. The second-order valence-corrected chi connectivity index (χ2v) is 8.08. The van der Waals surface area contributed by atoms with E-state index in [2.05, 4.69) is 44.7 Å². The Labute approximate surface area is 166 Å². The topological polar surface area (TPSA) is 50.3 Å². The van der Waals surface area contributed by atoms with Crippen LogP contribution in [0.15, 0.2) is 36.4 Å². The molecule has 1 aliphatic heterocycles. The summed E-state index contributed by atoms with van der Waals surface area (Å²) in [5, 5.41) is 12.2. The molecule has 1 saturated heterocycles. The molecule has 2 fully saturated rings. The van der Waals surface area contributed by atoms with Gasteiger partial charge in [0.15, 0.2) is 5.15 Å². The number of anilines is 1. The molecule has 0 amide bonds. The van der Waals surface area contributed by atoms with Crippen molar-refractivity contribution < 1.29 is 4.74 Å². The van der Waals surface area contributed by atoms with Gasteiger partial charge in [-0.1, -0.05) is 41.9 Å². The van der Waals surface area contributed by atoms with Crippen LogP contribution in [-0.2, 0) is 11.3 Å². The zero-order valence-corrected chi connectivity index (χ0v) is 16.5. The summed E-state index contributed by atoms with van der Waals surface area (Å²) in [6.07, 6.45) is 5.05. The lowest BCUT2D eigenvalue weighted by atomic mass is 9.86. The first-order chi connectivity index (χ1) is 13.2. The van der Waals surface area contributed by atoms with Gasteiger partial charge in [-0.15, -0.1) is 10.2 Å². The molecule has 0 bridgehead atoms. The Bertz CT molecular complexity index is 751. The van der Waals surface area contributed by atoms with Gasteiger partial charge in [-0.05, 0) is 56.3 Å². The second kappa shape index (κ2) is 8.55. The van der Waals surface area contributed by atoms with E-state index in [1.165, 1.54) is 24.9 Å². The van der Waals surface area contributed by atoms with Gasteiger partial charge in [0, 0.05) is 18.6 Å². The minimum atomic E-state index is 0.397. The number of hydrogen-bond acceptors (Lipinski definition) is 5. The molecular weight excluding hydrogens is 360 g/mol. The Balaban J connectivity index is 1.23. The standard InChI is InChI=1S/C21H27ClN4O/c1-15-10-20(24-25-21(15)22)23-17-8-5-9-26(13-17)18-11-19(12-18)27-14-16-6-3-2-4-7-16/h2-4,6-7,10,17-19H,5,8-9,11-14H2,1H3,(H,23,24)/t17-,18?,19?/m1/s1. The molecule has 144 valence electrons. The van der Waals surface area contributed by atoms with E-state index in [9.17, 15) is 0 Å². The first-order valence-corrected chi connectivity index (χ1v) is 10.2. The lowest BCUT2D eigenvalue weighted by Gasteiger charge is -2.46. The van der Waals surface area contributed by atoms with Crippen LogP contribution in [0.3, 0.4) is 0 Å².